The van der Waals surface area contributed by atoms with Gasteiger partial charge in [0.2, 0.25) is 0 Å². The minimum Gasteiger partial charge on any atom is -0.480 e. The number of carboxylic acid groups (broad SMARTS) is 1. The van der Waals surface area contributed by atoms with Crippen molar-refractivity contribution in [3.8, 4) is 0 Å². The van der Waals surface area contributed by atoms with Crippen LogP contribution in [0.5, 0.6) is 0 Å². The van der Waals surface area contributed by atoms with Gasteiger partial charge in [-0.3, -0.25) is 14.4 Å². The van der Waals surface area contributed by atoms with E-state index in [2.05, 4.69) is 9.73 Å². The minimum absolute atomic E-state index is 0.0129. The van der Waals surface area contributed by atoms with Crippen molar-refractivity contribution in [2.75, 3.05) is 6.54 Å². The average Bonchev–Trinajstić information content (AvgIpc) is 3.02. The van der Waals surface area contributed by atoms with Gasteiger partial charge in [0.1, 0.15) is 6.04 Å². The largest absolute Gasteiger partial charge is 0.480 e. The van der Waals surface area contributed by atoms with Crippen molar-refractivity contribution in [2.24, 2.45) is 22.2 Å². The molecule has 10 nitrogen and oxygen atoms in total. The zero-order valence-corrected chi connectivity index (χ0v) is 11.9. The lowest BCUT2D eigenvalue weighted by Gasteiger charge is -2.03. The summed E-state index contributed by atoms with van der Waals surface area (Å²) in [6.07, 6.45) is 0.702. The lowest BCUT2D eigenvalue weighted by atomic mass is 10.2. The lowest BCUT2D eigenvalue weighted by molar-refractivity contribution is -0.138. The van der Waals surface area contributed by atoms with Gasteiger partial charge in [-0.15, -0.1) is 0 Å². The van der Waals surface area contributed by atoms with Crippen LogP contribution in [0.4, 0.5) is 0 Å². The van der Waals surface area contributed by atoms with E-state index in [0.717, 1.165) is 0 Å². The SMILES string of the molecule is C[C@@H]1O[C@@H]1P(=O)(O)O.NC(N)=NCCC[C@H](N)C(=O)O. The van der Waals surface area contributed by atoms with Gasteiger partial charge < -0.3 is 36.8 Å². The molecule has 11 heteroatoms. The first kappa shape index (κ1) is 18.8. The summed E-state index contributed by atoms with van der Waals surface area (Å²) in [5, 5.41) is 8.38. The molecule has 0 saturated carbocycles. The molecule has 1 aliphatic heterocycles. The van der Waals surface area contributed by atoms with Crippen LogP contribution in [-0.2, 0) is 14.1 Å². The molecule has 9 N–H and O–H groups in total. The first-order chi connectivity index (χ1) is 9.05. The standard InChI is InChI=1S/C6H14N4O2.C3H7O4P/c7-4(5(11)12)2-1-3-10-6(8)9;1-2-3(7-2)8(4,5)6/h4H,1-3,7H2,(H,11,12)(H4,8,9,10);2-3H,1H3,(H2,4,5,6)/t4-;2-,3+/m00/s1. The number of nitrogens with two attached hydrogens (primary N) is 3. The quantitative estimate of drug-likeness (QED) is 0.109. The highest BCUT2D eigenvalue weighted by Gasteiger charge is 2.48. The Labute approximate surface area is 116 Å². The third kappa shape index (κ3) is 8.83. The summed E-state index contributed by atoms with van der Waals surface area (Å²) in [5.74, 6) is -1.80. The Kier molecular flexibility index (Phi) is 7.69. The molecule has 0 aliphatic carbocycles. The number of nitrogens with zero attached hydrogens (tertiary/aromatic N) is 1. The van der Waals surface area contributed by atoms with Crippen molar-refractivity contribution in [3.63, 3.8) is 0 Å². The molecular formula is C9H21N4O6P. The highest BCUT2D eigenvalue weighted by atomic mass is 31.2. The van der Waals surface area contributed by atoms with Gasteiger partial charge in [-0.25, -0.2) is 0 Å². The highest BCUT2D eigenvalue weighted by molar-refractivity contribution is 7.52. The molecule has 0 aromatic carbocycles. The molecule has 0 spiro atoms. The molecule has 1 aliphatic rings. The first-order valence-electron chi connectivity index (χ1n) is 5.80. The molecule has 0 bridgehead atoms. The maximum atomic E-state index is 10.2. The maximum absolute atomic E-state index is 10.2. The second-order valence-electron chi connectivity index (χ2n) is 4.21. The molecule has 0 radical (unpaired) electrons. The Bertz CT molecular complexity index is 394. The summed E-state index contributed by atoms with van der Waals surface area (Å²) in [6, 6.07) is -0.820. The van der Waals surface area contributed by atoms with E-state index in [1.807, 2.05) is 0 Å². The third-order valence-corrected chi connectivity index (χ3v) is 3.50. The van der Waals surface area contributed by atoms with Gasteiger partial charge in [-0.2, -0.15) is 0 Å². The van der Waals surface area contributed by atoms with Crippen molar-refractivity contribution in [3.05, 3.63) is 0 Å². The molecule has 1 rings (SSSR count). The number of guanidine groups is 1. The van der Waals surface area contributed by atoms with Gasteiger partial charge in [-0.1, -0.05) is 0 Å². The molecule has 0 aromatic rings. The van der Waals surface area contributed by atoms with Crippen molar-refractivity contribution in [1.82, 2.24) is 0 Å². The first-order valence-corrected chi connectivity index (χ1v) is 7.48. The summed E-state index contributed by atoms with van der Waals surface area (Å²) in [7, 11) is -3.90. The van der Waals surface area contributed by atoms with E-state index in [-0.39, 0.29) is 12.1 Å². The molecule has 118 valence electrons. The van der Waals surface area contributed by atoms with Crippen LogP contribution in [0.3, 0.4) is 0 Å². The molecule has 0 unspecified atom stereocenters. The molecule has 1 heterocycles. The van der Waals surface area contributed by atoms with Crippen LogP contribution in [-0.4, -0.2) is 51.4 Å². The van der Waals surface area contributed by atoms with Crippen molar-refractivity contribution < 1.29 is 29.0 Å². The lowest BCUT2D eigenvalue weighted by Crippen LogP contribution is -2.30. The summed E-state index contributed by atoms with van der Waals surface area (Å²) in [5.41, 5.74) is 15.3. The van der Waals surface area contributed by atoms with Crippen molar-refractivity contribution in [1.29, 1.82) is 0 Å². The number of hydrogen-bond donors (Lipinski definition) is 6. The molecule has 20 heavy (non-hydrogen) atoms. The maximum Gasteiger partial charge on any atom is 0.356 e. The Morgan fingerprint density at radius 2 is 1.95 bits per heavy atom. The second kappa shape index (κ2) is 8.18. The molecule has 1 fully saturated rings. The molecule has 0 amide bonds. The molecule has 1 saturated heterocycles. The number of aliphatic carboxylic acids is 1. The van der Waals surface area contributed by atoms with E-state index in [9.17, 15) is 9.36 Å². The number of ether oxygens (including phenoxy) is 1. The van der Waals surface area contributed by atoms with Crippen LogP contribution in [0.1, 0.15) is 19.8 Å². The number of rotatable bonds is 6. The summed E-state index contributed by atoms with van der Waals surface area (Å²) in [4.78, 5) is 30.5. The predicted molar refractivity (Wildman–Crippen MR) is 71.9 cm³/mol. The second-order valence-corrected chi connectivity index (χ2v) is 5.90. The van der Waals surface area contributed by atoms with Gasteiger partial charge in [0.15, 0.2) is 11.8 Å². The van der Waals surface area contributed by atoms with E-state index in [4.69, 9.17) is 32.1 Å². The fourth-order valence-electron chi connectivity index (χ4n) is 1.17. The predicted octanol–water partition coefficient (Wildman–Crippen LogP) is -1.64. The Hall–Kier alpha value is -1.19. The van der Waals surface area contributed by atoms with Crippen LogP contribution < -0.4 is 17.2 Å². The van der Waals surface area contributed by atoms with Gasteiger partial charge in [0.25, 0.3) is 0 Å². The molecule has 3 atom stereocenters. The zero-order valence-electron chi connectivity index (χ0n) is 11.0. The molecule has 0 aromatic heterocycles. The van der Waals surface area contributed by atoms with Gasteiger partial charge in [-0.05, 0) is 19.8 Å². The Morgan fingerprint density at radius 3 is 2.20 bits per heavy atom. The van der Waals surface area contributed by atoms with E-state index < -0.39 is 25.5 Å². The Balaban J connectivity index is 0.000000388. The van der Waals surface area contributed by atoms with E-state index in [1.165, 1.54) is 0 Å². The molecular weight excluding hydrogens is 291 g/mol. The smallest absolute Gasteiger partial charge is 0.356 e. The van der Waals surface area contributed by atoms with Crippen LogP contribution in [0, 0.1) is 0 Å². The van der Waals surface area contributed by atoms with Crippen LogP contribution in [0.25, 0.3) is 0 Å². The number of carbonyl (C=O) groups is 1. The van der Waals surface area contributed by atoms with E-state index in [0.29, 0.717) is 19.4 Å². The van der Waals surface area contributed by atoms with Crippen molar-refractivity contribution in [2.45, 2.75) is 37.8 Å². The van der Waals surface area contributed by atoms with Gasteiger partial charge >= 0.3 is 13.6 Å². The fraction of sp³-hybridized carbons (Fsp3) is 0.778. The highest BCUT2D eigenvalue weighted by Crippen LogP contribution is 2.52. The van der Waals surface area contributed by atoms with E-state index in [1.54, 1.807) is 6.92 Å². The van der Waals surface area contributed by atoms with Crippen molar-refractivity contribution >= 4 is 19.5 Å². The Morgan fingerprint density at radius 1 is 1.45 bits per heavy atom. The summed E-state index contributed by atoms with van der Waals surface area (Å²) >= 11 is 0. The number of hydrogen-bond acceptors (Lipinski definition) is 5. The van der Waals surface area contributed by atoms with Crippen LogP contribution in [0.2, 0.25) is 0 Å². The monoisotopic (exact) mass is 312 g/mol. The normalized spacial score (nSPS) is 22.2. The number of carboxylic acids is 1. The van der Waals surface area contributed by atoms with Crippen LogP contribution in [0.15, 0.2) is 4.99 Å². The average molecular weight is 312 g/mol. The third-order valence-electron chi connectivity index (χ3n) is 2.30. The zero-order chi connectivity index (χ0) is 15.9. The number of aliphatic imine (C=N–C) groups is 1. The topological polar surface area (TPSA) is 198 Å². The fourth-order valence-corrected chi connectivity index (χ4v) is 2.07. The van der Waals surface area contributed by atoms with Gasteiger partial charge in [0, 0.05) is 6.54 Å². The summed E-state index contributed by atoms with van der Waals surface area (Å²) < 4.78 is 14.7. The number of epoxide rings is 1. The summed E-state index contributed by atoms with van der Waals surface area (Å²) in [6.45, 7) is 2.05. The van der Waals surface area contributed by atoms with Gasteiger partial charge in [0.05, 0.1) is 6.10 Å². The van der Waals surface area contributed by atoms with E-state index >= 15 is 0 Å². The van der Waals surface area contributed by atoms with Crippen LogP contribution >= 0.6 is 7.60 Å². The minimum atomic E-state index is -3.90.